The lowest BCUT2D eigenvalue weighted by Crippen LogP contribution is -2.32. The zero-order chi connectivity index (χ0) is 20.5. The quantitative estimate of drug-likeness (QED) is 0.343. The Hall–Kier alpha value is -2.54. The Morgan fingerprint density at radius 3 is 2.72 bits per heavy atom. The third kappa shape index (κ3) is 8.15. The van der Waals surface area contributed by atoms with Crippen molar-refractivity contribution in [1.29, 1.82) is 0 Å². The van der Waals surface area contributed by atoms with Crippen LogP contribution in [0, 0.1) is 5.92 Å². The van der Waals surface area contributed by atoms with Gasteiger partial charge >= 0.3 is 0 Å². The van der Waals surface area contributed by atoms with Gasteiger partial charge in [0.1, 0.15) is 5.75 Å². The van der Waals surface area contributed by atoms with Gasteiger partial charge in [0, 0.05) is 44.3 Å². The maximum Gasteiger partial charge on any atom is 0.196 e. The Morgan fingerprint density at radius 1 is 1.28 bits per heavy atom. The van der Waals surface area contributed by atoms with Crippen LogP contribution in [0.15, 0.2) is 41.7 Å². The SMILES string of the molecule is CC(C)Oc1ccc(NC(=NCc2cnn(C)c2)NCCCOCC2CC2)cc1. The van der Waals surface area contributed by atoms with E-state index in [1.165, 1.54) is 12.8 Å². The van der Waals surface area contributed by atoms with Crippen molar-refractivity contribution >= 4 is 11.6 Å². The van der Waals surface area contributed by atoms with Crippen LogP contribution in [-0.2, 0) is 18.3 Å². The summed E-state index contributed by atoms with van der Waals surface area (Å²) in [6.07, 6.45) is 7.58. The Morgan fingerprint density at radius 2 is 2.07 bits per heavy atom. The molecule has 1 heterocycles. The summed E-state index contributed by atoms with van der Waals surface area (Å²) in [6, 6.07) is 7.93. The Bertz CT molecular complexity index is 766. The van der Waals surface area contributed by atoms with E-state index in [1.54, 1.807) is 4.68 Å². The minimum Gasteiger partial charge on any atom is -0.491 e. The van der Waals surface area contributed by atoms with E-state index in [9.17, 15) is 0 Å². The number of guanidine groups is 1. The van der Waals surface area contributed by atoms with Gasteiger partial charge in [-0.3, -0.25) is 4.68 Å². The number of aromatic nitrogens is 2. The highest BCUT2D eigenvalue weighted by molar-refractivity contribution is 5.93. The molecule has 1 aromatic carbocycles. The molecule has 0 spiro atoms. The Labute approximate surface area is 173 Å². The van der Waals surface area contributed by atoms with Crippen LogP contribution in [0.1, 0.15) is 38.7 Å². The maximum atomic E-state index is 5.71. The third-order valence-corrected chi connectivity index (χ3v) is 4.48. The molecule has 2 N–H and O–H groups in total. The van der Waals surface area contributed by atoms with Crippen molar-refractivity contribution in [2.24, 2.45) is 18.0 Å². The molecule has 0 aliphatic heterocycles. The molecule has 7 heteroatoms. The summed E-state index contributed by atoms with van der Waals surface area (Å²) < 4.78 is 13.2. The van der Waals surface area contributed by atoms with E-state index in [2.05, 4.69) is 15.7 Å². The summed E-state index contributed by atoms with van der Waals surface area (Å²) in [4.78, 5) is 4.70. The lowest BCUT2D eigenvalue weighted by molar-refractivity contribution is 0.123. The minimum atomic E-state index is 0.161. The Kier molecular flexibility index (Phi) is 7.93. The molecule has 3 rings (SSSR count). The highest BCUT2D eigenvalue weighted by Crippen LogP contribution is 2.28. The number of hydrogen-bond acceptors (Lipinski definition) is 4. The first-order valence-electron chi connectivity index (χ1n) is 10.5. The predicted molar refractivity (Wildman–Crippen MR) is 116 cm³/mol. The van der Waals surface area contributed by atoms with Crippen molar-refractivity contribution in [2.45, 2.75) is 45.8 Å². The fraction of sp³-hybridized carbons (Fsp3) is 0.545. The molecule has 2 aromatic rings. The van der Waals surface area contributed by atoms with E-state index in [1.807, 2.05) is 57.6 Å². The highest BCUT2D eigenvalue weighted by Gasteiger charge is 2.20. The summed E-state index contributed by atoms with van der Waals surface area (Å²) in [5.41, 5.74) is 2.03. The van der Waals surface area contributed by atoms with Gasteiger partial charge in [0.2, 0.25) is 0 Å². The van der Waals surface area contributed by atoms with E-state index in [0.717, 1.165) is 55.1 Å². The molecule has 0 radical (unpaired) electrons. The van der Waals surface area contributed by atoms with Crippen molar-refractivity contribution in [1.82, 2.24) is 15.1 Å². The van der Waals surface area contributed by atoms with Gasteiger partial charge in [-0.25, -0.2) is 4.99 Å². The number of nitrogens with zero attached hydrogens (tertiary/aromatic N) is 3. The molecule has 0 unspecified atom stereocenters. The molecule has 0 amide bonds. The molecule has 0 atom stereocenters. The standard InChI is InChI=1S/C22H33N5O2/c1-17(2)29-21-9-7-20(8-10-21)26-22(24-13-19-14-25-27(3)15-19)23-11-4-12-28-16-18-5-6-18/h7-10,14-15,17-18H,4-6,11-13,16H2,1-3H3,(H2,23,24,26). The van der Waals surface area contributed by atoms with Crippen molar-refractivity contribution < 1.29 is 9.47 Å². The van der Waals surface area contributed by atoms with Crippen LogP contribution in [0.25, 0.3) is 0 Å². The van der Waals surface area contributed by atoms with Crippen LogP contribution in [0.2, 0.25) is 0 Å². The smallest absolute Gasteiger partial charge is 0.196 e. The van der Waals surface area contributed by atoms with E-state index in [0.29, 0.717) is 6.54 Å². The Balaban J connectivity index is 1.52. The maximum absolute atomic E-state index is 5.71. The van der Waals surface area contributed by atoms with Gasteiger partial charge in [0.15, 0.2) is 5.96 Å². The molecule has 158 valence electrons. The van der Waals surface area contributed by atoms with Crippen molar-refractivity contribution in [3.63, 3.8) is 0 Å². The molecule has 0 saturated heterocycles. The summed E-state index contributed by atoms with van der Waals surface area (Å²) in [5, 5.41) is 11.0. The van der Waals surface area contributed by atoms with Gasteiger partial charge in [-0.2, -0.15) is 5.10 Å². The van der Waals surface area contributed by atoms with Gasteiger partial charge in [-0.05, 0) is 63.3 Å². The number of nitrogens with one attached hydrogen (secondary N) is 2. The molecule has 1 fully saturated rings. The molecule has 1 aromatic heterocycles. The van der Waals surface area contributed by atoms with E-state index < -0.39 is 0 Å². The van der Waals surface area contributed by atoms with Crippen LogP contribution in [0.3, 0.4) is 0 Å². The minimum absolute atomic E-state index is 0.161. The van der Waals surface area contributed by atoms with E-state index in [4.69, 9.17) is 14.5 Å². The van der Waals surface area contributed by atoms with Crippen LogP contribution in [0.5, 0.6) is 5.75 Å². The van der Waals surface area contributed by atoms with Crippen molar-refractivity contribution in [3.05, 3.63) is 42.2 Å². The van der Waals surface area contributed by atoms with Gasteiger partial charge in [0.05, 0.1) is 18.8 Å². The fourth-order valence-electron chi connectivity index (χ4n) is 2.80. The van der Waals surface area contributed by atoms with Gasteiger partial charge in [-0.15, -0.1) is 0 Å². The van der Waals surface area contributed by atoms with Crippen molar-refractivity contribution in [3.8, 4) is 5.75 Å². The predicted octanol–water partition coefficient (Wildman–Crippen LogP) is 3.58. The van der Waals surface area contributed by atoms with E-state index in [-0.39, 0.29) is 6.10 Å². The summed E-state index contributed by atoms with van der Waals surface area (Å²) >= 11 is 0. The van der Waals surface area contributed by atoms with Gasteiger partial charge < -0.3 is 20.1 Å². The number of aliphatic imine (C=N–C) groups is 1. The monoisotopic (exact) mass is 399 g/mol. The van der Waals surface area contributed by atoms with Crippen LogP contribution in [0.4, 0.5) is 5.69 Å². The first-order chi connectivity index (χ1) is 14.1. The lowest BCUT2D eigenvalue weighted by Gasteiger charge is -2.14. The first kappa shape index (κ1) is 21.2. The zero-order valence-corrected chi connectivity index (χ0v) is 17.7. The molecule has 1 aliphatic rings. The van der Waals surface area contributed by atoms with Crippen molar-refractivity contribution in [2.75, 3.05) is 25.1 Å². The summed E-state index contributed by atoms with van der Waals surface area (Å²) in [5.74, 6) is 2.41. The number of anilines is 1. The summed E-state index contributed by atoms with van der Waals surface area (Å²) in [6.45, 7) is 7.10. The topological polar surface area (TPSA) is 72.7 Å². The zero-order valence-electron chi connectivity index (χ0n) is 17.7. The molecule has 29 heavy (non-hydrogen) atoms. The number of benzene rings is 1. The second kappa shape index (κ2) is 10.9. The molecule has 1 saturated carbocycles. The van der Waals surface area contributed by atoms with Gasteiger partial charge in [-0.1, -0.05) is 0 Å². The second-order valence-electron chi connectivity index (χ2n) is 7.80. The lowest BCUT2D eigenvalue weighted by atomic mass is 10.3. The third-order valence-electron chi connectivity index (χ3n) is 4.48. The summed E-state index contributed by atoms with van der Waals surface area (Å²) in [7, 11) is 1.91. The molecule has 1 aliphatic carbocycles. The number of hydrogen-bond donors (Lipinski definition) is 2. The van der Waals surface area contributed by atoms with E-state index >= 15 is 0 Å². The van der Waals surface area contributed by atoms with Crippen LogP contribution in [-0.4, -0.2) is 41.6 Å². The number of rotatable bonds is 11. The average molecular weight is 400 g/mol. The first-order valence-corrected chi connectivity index (χ1v) is 10.5. The molecular weight excluding hydrogens is 366 g/mol. The van der Waals surface area contributed by atoms with Crippen LogP contribution < -0.4 is 15.4 Å². The average Bonchev–Trinajstić information content (AvgIpc) is 3.43. The molecule has 7 nitrogen and oxygen atoms in total. The van der Waals surface area contributed by atoms with Crippen LogP contribution >= 0.6 is 0 Å². The molecule has 0 bridgehead atoms. The normalized spacial score (nSPS) is 14.3. The number of ether oxygens (including phenoxy) is 2. The second-order valence-corrected chi connectivity index (χ2v) is 7.80. The fourth-order valence-corrected chi connectivity index (χ4v) is 2.80. The molecular formula is C22H33N5O2. The largest absolute Gasteiger partial charge is 0.491 e. The highest BCUT2D eigenvalue weighted by atomic mass is 16.5. The number of aryl methyl sites for hydroxylation is 1. The van der Waals surface area contributed by atoms with Gasteiger partial charge in [0.25, 0.3) is 0 Å².